The van der Waals surface area contributed by atoms with E-state index in [4.69, 9.17) is 5.73 Å². The first-order chi connectivity index (χ1) is 3.79. The first-order valence-electron chi connectivity index (χ1n) is 2.30. The molecule has 2 N–H and O–H groups in total. The predicted octanol–water partition coefficient (Wildman–Crippen LogP) is 1.56. The summed E-state index contributed by atoms with van der Waals surface area (Å²) in [6, 6.07) is 5.70. The molecular formula is C6H7F2N. The average Bonchev–Trinajstić information content (AvgIpc) is 1.77. The molecular weight excluding hydrogens is 124 g/mol. The van der Waals surface area contributed by atoms with E-state index in [1.54, 1.807) is 0 Å². The number of nitrogens with two attached hydrogens (primary N) is 1. The van der Waals surface area contributed by atoms with Crippen molar-refractivity contribution < 1.29 is 9.09 Å². The third-order valence-electron chi connectivity index (χ3n) is 0.870. The molecule has 1 nitrogen and oxygen atoms in total. The molecule has 1 aromatic carbocycles. The van der Waals surface area contributed by atoms with Crippen molar-refractivity contribution in [2.75, 3.05) is 5.73 Å². The number of rotatable bonds is 0. The maximum absolute atomic E-state index is 12.0. The van der Waals surface area contributed by atoms with E-state index in [0.717, 1.165) is 0 Å². The smallest absolute Gasteiger partial charge is 0.123 e. The Morgan fingerprint density at radius 1 is 1.11 bits per heavy atom. The van der Waals surface area contributed by atoms with E-state index >= 15 is 0 Å². The molecule has 0 spiro atoms. The van der Waals surface area contributed by atoms with Crippen LogP contribution in [0.5, 0.6) is 0 Å². The van der Waals surface area contributed by atoms with Gasteiger partial charge in [-0.05, 0) is 24.3 Å². The zero-order valence-electron chi connectivity index (χ0n) is 4.67. The number of nitrogen functional groups attached to an aromatic ring is 1. The Hall–Kier alpha value is -1.12. The van der Waals surface area contributed by atoms with Crippen molar-refractivity contribution >= 4 is 5.69 Å². The van der Waals surface area contributed by atoms with Gasteiger partial charge in [0.25, 0.3) is 0 Å². The summed E-state index contributed by atoms with van der Waals surface area (Å²) in [6.07, 6.45) is 0. The zero-order valence-corrected chi connectivity index (χ0v) is 4.67. The van der Waals surface area contributed by atoms with Gasteiger partial charge in [-0.15, -0.1) is 0 Å². The number of halogens is 2. The SMILES string of the molecule is F.Nc1ccc(F)cc1. The lowest BCUT2D eigenvalue weighted by molar-refractivity contribution is 0.628. The van der Waals surface area contributed by atoms with Gasteiger partial charge in [0.2, 0.25) is 0 Å². The molecule has 3 heteroatoms. The Balaban J connectivity index is 0.000000640. The van der Waals surface area contributed by atoms with Crippen LogP contribution in [0, 0.1) is 5.82 Å². The van der Waals surface area contributed by atoms with Crippen LogP contribution in [-0.2, 0) is 0 Å². The van der Waals surface area contributed by atoms with E-state index in [1.807, 2.05) is 0 Å². The van der Waals surface area contributed by atoms with Crippen molar-refractivity contribution in [3.63, 3.8) is 0 Å². The van der Waals surface area contributed by atoms with E-state index in [2.05, 4.69) is 0 Å². The second-order valence-corrected chi connectivity index (χ2v) is 1.55. The first kappa shape index (κ1) is 7.88. The molecule has 50 valence electrons. The fraction of sp³-hybridized carbons (Fsp3) is 0. The van der Waals surface area contributed by atoms with E-state index in [1.165, 1.54) is 24.3 Å². The Labute approximate surface area is 51.7 Å². The van der Waals surface area contributed by atoms with E-state index in [0.29, 0.717) is 5.69 Å². The molecule has 0 aliphatic rings. The van der Waals surface area contributed by atoms with Crippen molar-refractivity contribution in [3.05, 3.63) is 30.1 Å². The van der Waals surface area contributed by atoms with Crippen LogP contribution in [0.2, 0.25) is 0 Å². The molecule has 9 heavy (non-hydrogen) atoms. The lowest BCUT2D eigenvalue weighted by atomic mass is 10.3. The highest BCUT2D eigenvalue weighted by Gasteiger charge is 1.83. The van der Waals surface area contributed by atoms with Crippen LogP contribution < -0.4 is 5.73 Å². The molecule has 0 saturated carbocycles. The van der Waals surface area contributed by atoms with Crippen molar-refractivity contribution in [1.29, 1.82) is 0 Å². The number of hydrogen-bond donors (Lipinski definition) is 1. The van der Waals surface area contributed by atoms with Gasteiger partial charge < -0.3 is 5.73 Å². The Kier molecular flexibility index (Phi) is 2.64. The Morgan fingerprint density at radius 2 is 1.56 bits per heavy atom. The van der Waals surface area contributed by atoms with Crippen LogP contribution in [0.4, 0.5) is 14.8 Å². The molecule has 0 heterocycles. The maximum Gasteiger partial charge on any atom is 0.123 e. The van der Waals surface area contributed by atoms with E-state index in [9.17, 15) is 4.39 Å². The van der Waals surface area contributed by atoms with Crippen molar-refractivity contribution in [3.8, 4) is 0 Å². The number of benzene rings is 1. The van der Waals surface area contributed by atoms with Gasteiger partial charge in [0.15, 0.2) is 0 Å². The molecule has 0 fully saturated rings. The molecule has 1 aromatic rings. The minimum atomic E-state index is -0.251. The van der Waals surface area contributed by atoms with Crippen LogP contribution in [0.25, 0.3) is 0 Å². The molecule has 0 aliphatic carbocycles. The molecule has 0 radical (unpaired) electrons. The van der Waals surface area contributed by atoms with Gasteiger partial charge in [-0.2, -0.15) is 0 Å². The molecule has 0 bridgehead atoms. The molecule has 0 saturated heterocycles. The standard InChI is InChI=1S/C6H6FN.FH/c7-5-1-3-6(8)4-2-5;/h1-4H,8H2;1H. The minimum absolute atomic E-state index is 0. The van der Waals surface area contributed by atoms with Crippen LogP contribution in [0.1, 0.15) is 0 Å². The van der Waals surface area contributed by atoms with Gasteiger partial charge >= 0.3 is 0 Å². The topological polar surface area (TPSA) is 26.0 Å². The summed E-state index contributed by atoms with van der Waals surface area (Å²) < 4.78 is 12.0. The predicted molar refractivity (Wildman–Crippen MR) is 33.3 cm³/mol. The Bertz CT molecular complexity index is 150. The highest BCUT2D eigenvalue weighted by molar-refractivity contribution is 5.36. The highest BCUT2D eigenvalue weighted by atomic mass is 19.1. The summed E-state index contributed by atoms with van der Waals surface area (Å²) in [5.41, 5.74) is 5.85. The lowest BCUT2D eigenvalue weighted by Crippen LogP contribution is -1.82. The van der Waals surface area contributed by atoms with Gasteiger partial charge in [-0.25, -0.2) is 4.39 Å². The lowest BCUT2D eigenvalue weighted by Gasteiger charge is -1.87. The normalized spacial score (nSPS) is 8.11. The van der Waals surface area contributed by atoms with E-state index in [-0.39, 0.29) is 10.5 Å². The summed E-state index contributed by atoms with van der Waals surface area (Å²) in [5.74, 6) is -0.251. The van der Waals surface area contributed by atoms with Gasteiger partial charge in [-0.3, -0.25) is 4.70 Å². The summed E-state index contributed by atoms with van der Waals surface area (Å²) in [6.45, 7) is 0. The molecule has 0 unspecified atom stereocenters. The van der Waals surface area contributed by atoms with Gasteiger partial charge in [0.1, 0.15) is 5.82 Å². The molecule has 0 atom stereocenters. The third kappa shape index (κ3) is 2.08. The summed E-state index contributed by atoms with van der Waals surface area (Å²) in [4.78, 5) is 0. The molecule has 0 aromatic heterocycles. The second-order valence-electron chi connectivity index (χ2n) is 1.55. The molecule has 0 amide bonds. The van der Waals surface area contributed by atoms with Crippen molar-refractivity contribution in [2.24, 2.45) is 0 Å². The third-order valence-corrected chi connectivity index (χ3v) is 0.870. The summed E-state index contributed by atoms with van der Waals surface area (Å²) in [5, 5.41) is 0. The maximum atomic E-state index is 12.0. The van der Waals surface area contributed by atoms with Crippen LogP contribution in [0.3, 0.4) is 0 Å². The number of hydrogen-bond acceptors (Lipinski definition) is 1. The van der Waals surface area contributed by atoms with Gasteiger partial charge in [-0.1, -0.05) is 0 Å². The van der Waals surface area contributed by atoms with Crippen molar-refractivity contribution in [2.45, 2.75) is 0 Å². The molecule has 0 aliphatic heterocycles. The fourth-order valence-corrected chi connectivity index (χ4v) is 0.463. The van der Waals surface area contributed by atoms with E-state index < -0.39 is 0 Å². The van der Waals surface area contributed by atoms with Gasteiger partial charge in [0, 0.05) is 5.69 Å². The monoisotopic (exact) mass is 131 g/mol. The fourth-order valence-electron chi connectivity index (χ4n) is 0.463. The first-order valence-corrected chi connectivity index (χ1v) is 2.30. The Morgan fingerprint density at radius 3 is 1.89 bits per heavy atom. The largest absolute Gasteiger partial charge is 0.399 e. The summed E-state index contributed by atoms with van der Waals surface area (Å²) >= 11 is 0. The number of anilines is 1. The molecule has 1 rings (SSSR count). The summed E-state index contributed by atoms with van der Waals surface area (Å²) in [7, 11) is 0. The minimum Gasteiger partial charge on any atom is -0.399 e. The zero-order chi connectivity index (χ0) is 5.98. The van der Waals surface area contributed by atoms with Gasteiger partial charge in [0.05, 0.1) is 0 Å². The van der Waals surface area contributed by atoms with Crippen LogP contribution in [-0.4, -0.2) is 0 Å². The quantitative estimate of drug-likeness (QED) is 0.531. The van der Waals surface area contributed by atoms with Crippen molar-refractivity contribution in [1.82, 2.24) is 0 Å². The average molecular weight is 131 g/mol. The van der Waals surface area contributed by atoms with Crippen LogP contribution >= 0.6 is 0 Å². The second kappa shape index (κ2) is 3.02. The van der Waals surface area contributed by atoms with Crippen LogP contribution in [0.15, 0.2) is 24.3 Å². The highest BCUT2D eigenvalue weighted by Crippen LogP contribution is 2.01.